The number of ether oxygens (including phenoxy) is 1. The minimum atomic E-state index is -1.27. The van der Waals surface area contributed by atoms with E-state index in [4.69, 9.17) is 9.39 Å². The van der Waals surface area contributed by atoms with Gasteiger partial charge in [-0.15, -0.1) is 6.58 Å². The highest BCUT2D eigenvalue weighted by Gasteiger charge is 2.69. The van der Waals surface area contributed by atoms with Crippen LogP contribution in [0.3, 0.4) is 0 Å². The number of aliphatic hydroxyl groups is 1. The van der Waals surface area contributed by atoms with E-state index in [2.05, 4.69) is 32.7 Å². The van der Waals surface area contributed by atoms with Gasteiger partial charge in [-0.2, -0.15) is 0 Å². The van der Waals surface area contributed by atoms with Crippen LogP contribution in [0.5, 0.6) is 5.75 Å². The summed E-state index contributed by atoms with van der Waals surface area (Å²) in [6, 6.07) is 3.69. The van der Waals surface area contributed by atoms with Gasteiger partial charge >= 0.3 is 13.1 Å². The van der Waals surface area contributed by atoms with Crippen LogP contribution in [-0.4, -0.2) is 59.4 Å². The Morgan fingerprint density at radius 2 is 1.93 bits per heavy atom. The molecule has 9 heteroatoms. The molecular weight excluding hydrogens is 545 g/mol. The van der Waals surface area contributed by atoms with E-state index < -0.39 is 42.0 Å². The Morgan fingerprint density at radius 1 is 1.21 bits per heavy atom. The molecule has 4 N–H and O–H groups in total. The average Bonchev–Trinajstić information content (AvgIpc) is 3.55. The summed E-state index contributed by atoms with van der Waals surface area (Å²) < 4.78 is 12.2. The van der Waals surface area contributed by atoms with Gasteiger partial charge in [-0.25, -0.2) is 4.79 Å². The third kappa shape index (κ3) is 4.63. The predicted molar refractivity (Wildman–Crippen MR) is 164 cm³/mol. The van der Waals surface area contributed by atoms with Gasteiger partial charge in [0.05, 0.1) is 12.7 Å². The molecular formula is C34H48BNO7. The van der Waals surface area contributed by atoms with E-state index in [0.717, 1.165) is 56.3 Å². The van der Waals surface area contributed by atoms with Gasteiger partial charge in [-0.05, 0) is 109 Å². The average molecular weight is 594 g/mol. The van der Waals surface area contributed by atoms with E-state index in [1.807, 2.05) is 13.0 Å². The van der Waals surface area contributed by atoms with Crippen molar-refractivity contribution < 1.29 is 34.2 Å². The second-order valence-electron chi connectivity index (χ2n) is 14.8. The van der Waals surface area contributed by atoms with E-state index in [1.54, 1.807) is 12.1 Å². The van der Waals surface area contributed by atoms with Crippen molar-refractivity contribution in [2.75, 3.05) is 13.1 Å². The largest absolute Gasteiger partial charge is 0.491 e. The van der Waals surface area contributed by atoms with Gasteiger partial charge in [0.15, 0.2) is 6.10 Å². The van der Waals surface area contributed by atoms with Crippen LogP contribution < -0.4 is 15.5 Å². The summed E-state index contributed by atoms with van der Waals surface area (Å²) in [6.07, 6.45) is 4.85. The number of nitrogens with one attached hydrogen (secondary N) is 1. The van der Waals surface area contributed by atoms with Crippen molar-refractivity contribution in [3.8, 4) is 5.75 Å². The number of carbonyl (C=O) groups excluding carboxylic acids is 1. The number of carboxylic acids is 1. The summed E-state index contributed by atoms with van der Waals surface area (Å²) in [5.41, 5.74) is 0.831. The van der Waals surface area contributed by atoms with Gasteiger partial charge in [0.2, 0.25) is 0 Å². The number of benzene rings is 1. The molecule has 3 aliphatic carbocycles. The van der Waals surface area contributed by atoms with Crippen molar-refractivity contribution in [1.82, 2.24) is 5.32 Å². The lowest BCUT2D eigenvalue weighted by Crippen LogP contribution is -2.63. The Balaban J connectivity index is 1.48. The van der Waals surface area contributed by atoms with Crippen LogP contribution in [0.1, 0.15) is 89.7 Å². The fourth-order valence-corrected chi connectivity index (χ4v) is 10.3. The second kappa shape index (κ2) is 11.0. The molecule has 43 heavy (non-hydrogen) atoms. The molecule has 1 saturated heterocycles. The maximum Gasteiger partial charge on any atom is 0.491 e. The zero-order valence-electron chi connectivity index (χ0n) is 26.1. The van der Waals surface area contributed by atoms with Crippen molar-refractivity contribution >= 4 is 24.3 Å². The number of piperidine rings is 1. The number of ketones is 1. The Kier molecular flexibility index (Phi) is 7.89. The van der Waals surface area contributed by atoms with E-state index in [1.165, 1.54) is 0 Å². The number of aliphatic carboxylic acids is 1. The minimum absolute atomic E-state index is 0.0835. The zero-order chi connectivity index (χ0) is 30.9. The van der Waals surface area contributed by atoms with Gasteiger partial charge in [0.25, 0.3) is 0 Å². The Labute approximate surface area is 255 Å². The number of aliphatic hydroxyl groups excluding tert-OH is 1. The number of hydrogen-bond donors (Lipinski definition) is 4. The molecule has 0 aromatic heterocycles. The third-order valence-corrected chi connectivity index (χ3v) is 13.0. The molecule has 0 amide bonds. The molecule has 3 saturated carbocycles. The maximum absolute atomic E-state index is 13.9. The molecule has 0 spiro atoms. The lowest BCUT2D eigenvalue weighted by molar-refractivity contribution is -0.193. The van der Waals surface area contributed by atoms with E-state index in [-0.39, 0.29) is 34.9 Å². The summed E-state index contributed by atoms with van der Waals surface area (Å²) in [6.45, 7) is 14.6. The maximum atomic E-state index is 13.9. The first-order chi connectivity index (χ1) is 20.4. The standard InChI is InChI=1S/C34H48BNO7/c1-6-32(4)17-25(33(5)19(2)7-11-34(20(3)30(32)38)12-8-27(37)29(33)34)28(31(39)40)43-22-15-23(21-9-13-36-14-10-21)24-18-42-35(41)26(24)16-22/h6,15-16,19-21,25,28-30,36,38,41H,1,7-14,17-18H2,2-5H3,(H,39,40)/t19-,20+,25+,28?,29+,30+,32-,33-,34+/m1/s1. The molecule has 5 aliphatic rings. The molecule has 4 fully saturated rings. The van der Waals surface area contributed by atoms with Crippen LogP contribution in [0, 0.1) is 39.9 Å². The molecule has 0 radical (unpaired) electrons. The zero-order valence-corrected chi connectivity index (χ0v) is 26.1. The molecule has 1 aromatic rings. The smallest absolute Gasteiger partial charge is 0.478 e. The summed E-state index contributed by atoms with van der Waals surface area (Å²) in [7, 11) is -1.09. The summed E-state index contributed by atoms with van der Waals surface area (Å²) in [4.78, 5) is 27.2. The SMILES string of the molecule is C=C[C@]1(C)C[C@@H](C(Oc2cc3c(c(C4CCNCC4)c2)COB3O)C(=O)O)[C@@]2(C)[C@H](C)CC[C@]3(CCC(=O)[C@H]32)[C@@H](C)[C@@H]1O. The van der Waals surface area contributed by atoms with E-state index >= 15 is 0 Å². The summed E-state index contributed by atoms with van der Waals surface area (Å²) in [5.74, 6) is -1.21. The Morgan fingerprint density at radius 3 is 2.60 bits per heavy atom. The molecule has 1 unspecified atom stereocenters. The Hall–Kier alpha value is -2.20. The lowest BCUT2D eigenvalue weighted by Gasteiger charge is -2.63. The van der Waals surface area contributed by atoms with Crippen LogP contribution in [0.15, 0.2) is 24.8 Å². The van der Waals surface area contributed by atoms with Gasteiger partial charge < -0.3 is 29.9 Å². The molecule has 8 nitrogen and oxygen atoms in total. The molecule has 2 bridgehead atoms. The molecule has 234 valence electrons. The lowest BCUT2D eigenvalue weighted by atomic mass is 9.41. The minimum Gasteiger partial charge on any atom is -0.478 e. The second-order valence-corrected chi connectivity index (χ2v) is 14.8. The summed E-state index contributed by atoms with van der Waals surface area (Å²) >= 11 is 0. The fraction of sp³-hybridized carbons (Fsp3) is 0.706. The van der Waals surface area contributed by atoms with Crippen molar-refractivity contribution in [3.05, 3.63) is 35.9 Å². The fourth-order valence-electron chi connectivity index (χ4n) is 10.3. The topological polar surface area (TPSA) is 125 Å². The van der Waals surface area contributed by atoms with Crippen LogP contribution in [0.25, 0.3) is 0 Å². The van der Waals surface area contributed by atoms with Crippen LogP contribution >= 0.6 is 0 Å². The number of carbonyl (C=O) groups is 2. The molecule has 2 heterocycles. The molecule has 1 aromatic carbocycles. The molecule has 9 atom stereocenters. The third-order valence-electron chi connectivity index (χ3n) is 13.0. The van der Waals surface area contributed by atoms with Crippen molar-refractivity contribution in [2.24, 2.45) is 39.9 Å². The molecule has 2 aliphatic heterocycles. The monoisotopic (exact) mass is 593 g/mol. The first-order valence-corrected chi connectivity index (χ1v) is 16.3. The van der Waals surface area contributed by atoms with Crippen molar-refractivity contribution in [2.45, 2.75) is 97.4 Å². The number of carboxylic acid groups (broad SMARTS) is 1. The van der Waals surface area contributed by atoms with Crippen LogP contribution in [0.2, 0.25) is 0 Å². The number of hydrogen-bond acceptors (Lipinski definition) is 7. The highest BCUT2D eigenvalue weighted by molar-refractivity contribution is 6.61. The first-order valence-electron chi connectivity index (χ1n) is 16.3. The van der Waals surface area contributed by atoms with E-state index in [0.29, 0.717) is 30.7 Å². The van der Waals surface area contributed by atoms with Gasteiger partial charge in [-0.1, -0.05) is 33.8 Å². The first kappa shape index (κ1) is 30.8. The van der Waals surface area contributed by atoms with Gasteiger partial charge in [0, 0.05) is 23.7 Å². The number of fused-ring (bicyclic) bond motifs is 1. The van der Waals surface area contributed by atoms with Gasteiger partial charge in [0.1, 0.15) is 11.5 Å². The number of Topliss-reactive ketones (excluding diaryl/α,β-unsaturated/α-hetero) is 1. The predicted octanol–water partition coefficient (Wildman–Crippen LogP) is 3.81. The van der Waals surface area contributed by atoms with Crippen LogP contribution in [0.4, 0.5) is 0 Å². The van der Waals surface area contributed by atoms with Crippen LogP contribution in [-0.2, 0) is 20.9 Å². The normalized spacial score (nSPS) is 40.3. The molecule has 6 rings (SSSR count). The summed E-state index contributed by atoms with van der Waals surface area (Å²) in [5, 5.41) is 36.9. The Bertz CT molecular complexity index is 1300. The van der Waals surface area contributed by atoms with Crippen molar-refractivity contribution in [3.63, 3.8) is 0 Å². The highest BCUT2D eigenvalue weighted by Crippen LogP contribution is 2.69. The highest BCUT2D eigenvalue weighted by atomic mass is 16.5. The van der Waals surface area contributed by atoms with Gasteiger partial charge in [-0.3, -0.25) is 4.79 Å². The van der Waals surface area contributed by atoms with Crippen molar-refractivity contribution in [1.29, 1.82) is 0 Å². The number of rotatable bonds is 6. The quantitative estimate of drug-likeness (QED) is 0.290. The van der Waals surface area contributed by atoms with E-state index in [9.17, 15) is 24.8 Å².